The highest BCUT2D eigenvalue weighted by Gasteiger charge is 2.51. The minimum Gasteiger partial charge on any atom is -0.309 e. The molecule has 9 aromatic carbocycles. The number of para-hydroxylation sites is 1. The van der Waals surface area contributed by atoms with Gasteiger partial charge in [0.25, 0.3) is 0 Å². The molecule has 0 amide bonds. The molecule has 10 aromatic rings. The number of nitrogens with zero attached hydrogens (tertiary/aromatic N) is 3. The summed E-state index contributed by atoms with van der Waals surface area (Å²) < 4.78 is 2.50. The quantitative estimate of drug-likeness (QED) is 0.123. The van der Waals surface area contributed by atoms with E-state index in [4.69, 9.17) is 9.98 Å². The van der Waals surface area contributed by atoms with Crippen LogP contribution in [0.25, 0.3) is 60.9 Å². The standard InChI is InChI=1S/C60H41N3/c1-38(40-19-6-3-7-20-40)62-59(61-37-39-17-4-2-5-18-39)48-26-16-21-42-33-41-31-32-43(34-49(41)58(42)48)63-56-30-15-11-25-47(56)51-35-55-50(36-57(51)63)46-24-10-14-29-54(46)60(55)52-27-12-8-22-44(52)45-23-9-13-28-53(45)60/h2-32,34-36H,33,37H2,1H3. The monoisotopic (exact) mass is 803 g/mol. The van der Waals surface area contributed by atoms with E-state index >= 15 is 0 Å². The summed E-state index contributed by atoms with van der Waals surface area (Å²) in [5.41, 5.74) is 23.2. The second kappa shape index (κ2) is 13.8. The highest BCUT2D eigenvalue weighted by Crippen LogP contribution is 2.63. The lowest BCUT2D eigenvalue weighted by molar-refractivity contribution is 0.795. The third kappa shape index (κ3) is 5.20. The van der Waals surface area contributed by atoms with Crippen LogP contribution in [0.4, 0.5) is 0 Å². The molecule has 1 aromatic heterocycles. The number of hydrogen-bond donors (Lipinski definition) is 0. The molecule has 0 fully saturated rings. The van der Waals surface area contributed by atoms with Gasteiger partial charge in [0.05, 0.1) is 23.0 Å². The molecular formula is C60H41N3. The Morgan fingerprint density at radius 2 is 1.13 bits per heavy atom. The van der Waals surface area contributed by atoms with Crippen LogP contribution in [-0.4, -0.2) is 16.1 Å². The van der Waals surface area contributed by atoms with Gasteiger partial charge in [-0.25, -0.2) is 4.99 Å². The zero-order chi connectivity index (χ0) is 41.6. The third-order valence-corrected chi connectivity index (χ3v) is 13.9. The second-order valence-electron chi connectivity index (χ2n) is 17.2. The number of amidine groups is 1. The fourth-order valence-corrected chi connectivity index (χ4v) is 11.2. The Bertz CT molecular complexity index is 3520. The summed E-state index contributed by atoms with van der Waals surface area (Å²) in [6, 6.07) is 75.9. The van der Waals surface area contributed by atoms with Crippen LogP contribution in [0.5, 0.6) is 0 Å². The molecule has 0 bridgehead atoms. The molecule has 3 heteroatoms. The highest BCUT2D eigenvalue weighted by atomic mass is 15.0. The predicted octanol–water partition coefficient (Wildman–Crippen LogP) is 14.2. The van der Waals surface area contributed by atoms with E-state index in [1.165, 1.54) is 88.6 Å². The molecular weight excluding hydrogens is 763 g/mol. The Kier molecular flexibility index (Phi) is 7.86. The maximum atomic E-state index is 5.31. The van der Waals surface area contributed by atoms with Gasteiger partial charge in [-0.05, 0) is 122 Å². The summed E-state index contributed by atoms with van der Waals surface area (Å²) >= 11 is 0. The second-order valence-corrected chi connectivity index (χ2v) is 17.2. The average Bonchev–Trinajstić information content (AvgIpc) is 4.06. The molecule has 0 unspecified atom stereocenters. The largest absolute Gasteiger partial charge is 0.309 e. The van der Waals surface area contributed by atoms with E-state index in [2.05, 4.69) is 212 Å². The van der Waals surface area contributed by atoms with Crippen LogP contribution in [0.2, 0.25) is 0 Å². The van der Waals surface area contributed by atoms with Crippen molar-refractivity contribution >= 4 is 33.4 Å². The summed E-state index contributed by atoms with van der Waals surface area (Å²) in [5.74, 6) is 0.755. The van der Waals surface area contributed by atoms with Gasteiger partial charge >= 0.3 is 0 Å². The fourth-order valence-electron chi connectivity index (χ4n) is 11.2. The van der Waals surface area contributed by atoms with Crippen molar-refractivity contribution in [2.45, 2.75) is 25.3 Å². The number of hydrogen-bond acceptors (Lipinski definition) is 1. The molecule has 63 heavy (non-hydrogen) atoms. The van der Waals surface area contributed by atoms with Crippen LogP contribution in [0.3, 0.4) is 0 Å². The molecule has 0 radical (unpaired) electrons. The Labute approximate surface area is 367 Å². The first-order chi connectivity index (χ1) is 31.2. The molecule has 3 nitrogen and oxygen atoms in total. The first-order valence-electron chi connectivity index (χ1n) is 22.0. The Balaban J connectivity index is 1.02. The van der Waals surface area contributed by atoms with Crippen molar-refractivity contribution < 1.29 is 0 Å². The van der Waals surface area contributed by atoms with E-state index in [9.17, 15) is 0 Å². The van der Waals surface area contributed by atoms with E-state index in [-0.39, 0.29) is 0 Å². The minimum atomic E-state index is -0.398. The van der Waals surface area contributed by atoms with Crippen molar-refractivity contribution in [3.8, 4) is 39.1 Å². The molecule has 1 heterocycles. The van der Waals surface area contributed by atoms with Crippen molar-refractivity contribution in [2.75, 3.05) is 0 Å². The lowest BCUT2D eigenvalue weighted by Crippen LogP contribution is -2.25. The lowest BCUT2D eigenvalue weighted by atomic mass is 9.70. The molecule has 0 aliphatic heterocycles. The van der Waals surface area contributed by atoms with Crippen molar-refractivity contribution in [3.63, 3.8) is 0 Å². The number of aromatic nitrogens is 1. The van der Waals surface area contributed by atoms with E-state index in [1.54, 1.807) is 0 Å². The molecule has 13 rings (SSSR count). The molecule has 0 N–H and O–H groups in total. The van der Waals surface area contributed by atoms with Gasteiger partial charge in [0, 0.05) is 27.7 Å². The van der Waals surface area contributed by atoms with Crippen molar-refractivity contribution in [2.24, 2.45) is 9.98 Å². The van der Waals surface area contributed by atoms with Gasteiger partial charge in [0.2, 0.25) is 0 Å². The van der Waals surface area contributed by atoms with E-state index < -0.39 is 5.41 Å². The minimum absolute atomic E-state index is 0.398. The van der Waals surface area contributed by atoms with Gasteiger partial charge in [0.1, 0.15) is 0 Å². The number of benzene rings is 9. The van der Waals surface area contributed by atoms with Crippen LogP contribution in [0.15, 0.2) is 216 Å². The molecule has 0 atom stereocenters. The smallest absolute Gasteiger partial charge is 0.155 e. The summed E-state index contributed by atoms with van der Waals surface area (Å²) in [4.78, 5) is 10.6. The fraction of sp³-hybridized carbons (Fsp3) is 0.0667. The summed E-state index contributed by atoms with van der Waals surface area (Å²) in [7, 11) is 0. The average molecular weight is 804 g/mol. The molecule has 3 aliphatic rings. The normalized spacial score (nSPS) is 14.1. The summed E-state index contributed by atoms with van der Waals surface area (Å²) in [6.07, 6.45) is 0.870. The Morgan fingerprint density at radius 1 is 0.492 bits per heavy atom. The van der Waals surface area contributed by atoms with Crippen LogP contribution >= 0.6 is 0 Å². The molecule has 0 saturated carbocycles. The predicted molar refractivity (Wildman–Crippen MR) is 261 cm³/mol. The highest BCUT2D eigenvalue weighted by molar-refractivity contribution is 6.15. The zero-order valence-corrected chi connectivity index (χ0v) is 34.9. The third-order valence-electron chi connectivity index (χ3n) is 13.9. The van der Waals surface area contributed by atoms with Gasteiger partial charge < -0.3 is 4.57 Å². The lowest BCUT2D eigenvalue weighted by Gasteiger charge is -2.30. The summed E-state index contributed by atoms with van der Waals surface area (Å²) in [6.45, 7) is 2.64. The Morgan fingerprint density at radius 3 is 1.86 bits per heavy atom. The maximum Gasteiger partial charge on any atom is 0.155 e. The van der Waals surface area contributed by atoms with Crippen molar-refractivity contribution in [3.05, 3.63) is 256 Å². The number of fused-ring (bicyclic) bond motifs is 16. The van der Waals surface area contributed by atoms with Crippen molar-refractivity contribution in [1.82, 2.24) is 4.57 Å². The molecule has 1 spiro atoms. The van der Waals surface area contributed by atoms with Gasteiger partial charge in [-0.15, -0.1) is 0 Å². The zero-order valence-electron chi connectivity index (χ0n) is 34.9. The van der Waals surface area contributed by atoms with E-state index in [0.717, 1.165) is 40.3 Å². The first-order valence-corrected chi connectivity index (χ1v) is 22.0. The number of rotatable bonds is 5. The molecule has 296 valence electrons. The van der Waals surface area contributed by atoms with Crippen LogP contribution in [0.1, 0.15) is 57.0 Å². The number of aliphatic imine (C=N–C) groups is 2. The maximum absolute atomic E-state index is 5.31. The van der Waals surface area contributed by atoms with Crippen LogP contribution in [0, 0.1) is 0 Å². The molecule has 3 aliphatic carbocycles. The Hall–Kier alpha value is -7.88. The summed E-state index contributed by atoms with van der Waals surface area (Å²) in [5, 5.41) is 2.52. The van der Waals surface area contributed by atoms with Crippen LogP contribution in [-0.2, 0) is 18.4 Å². The van der Waals surface area contributed by atoms with Gasteiger partial charge in [-0.2, -0.15) is 0 Å². The van der Waals surface area contributed by atoms with Crippen LogP contribution < -0.4 is 0 Å². The van der Waals surface area contributed by atoms with E-state index in [0.29, 0.717) is 6.54 Å². The van der Waals surface area contributed by atoms with Gasteiger partial charge in [-0.1, -0.05) is 176 Å². The van der Waals surface area contributed by atoms with Gasteiger partial charge in [-0.3, -0.25) is 4.99 Å². The first kappa shape index (κ1) is 35.8. The van der Waals surface area contributed by atoms with Crippen molar-refractivity contribution in [1.29, 1.82) is 0 Å². The topological polar surface area (TPSA) is 29.6 Å². The SMILES string of the molecule is CC(=NC(=NCc1ccccc1)c1cccc2c1-c1cc(-n3c4ccccc4c4cc5c(cc43)-c3ccccc3C53c4ccccc4-c4ccccc43)ccc1C2)c1ccccc1. The molecule has 0 saturated heterocycles. The van der Waals surface area contributed by atoms with Gasteiger partial charge in [0.15, 0.2) is 5.84 Å². The van der Waals surface area contributed by atoms with E-state index in [1.807, 2.05) is 6.07 Å².